The number of benzene rings is 1. The summed E-state index contributed by atoms with van der Waals surface area (Å²) in [5.74, 6) is -1.58. The van der Waals surface area contributed by atoms with E-state index >= 15 is 0 Å². The number of Topliss-reactive ketones (excluding diaryl/α,β-unsaturated/α-hetero) is 1. The van der Waals surface area contributed by atoms with E-state index in [0.29, 0.717) is 6.54 Å². The lowest BCUT2D eigenvalue weighted by Crippen LogP contribution is -2.52. The Morgan fingerprint density at radius 3 is 2.07 bits per heavy atom. The Morgan fingerprint density at radius 2 is 1.52 bits per heavy atom. The molecule has 10 nitrogen and oxygen atoms in total. The van der Waals surface area contributed by atoms with E-state index in [9.17, 15) is 24.3 Å². The number of carbonyl (C=O) groups is 4. The van der Waals surface area contributed by atoms with Crippen LogP contribution in [0.1, 0.15) is 92.1 Å². The average molecular weight is 648 g/mol. The summed E-state index contributed by atoms with van der Waals surface area (Å²) in [7, 11) is 5.16. The van der Waals surface area contributed by atoms with Crippen LogP contribution in [0.25, 0.3) is 0 Å². The molecule has 262 valence electrons. The summed E-state index contributed by atoms with van der Waals surface area (Å²) >= 11 is 0. The van der Waals surface area contributed by atoms with Crippen LogP contribution < -0.4 is 5.32 Å². The lowest BCUT2D eigenvalue weighted by molar-refractivity contribution is -0.149. The van der Waals surface area contributed by atoms with E-state index in [1.54, 1.807) is 11.9 Å². The van der Waals surface area contributed by atoms with E-state index in [1.165, 1.54) is 7.11 Å². The van der Waals surface area contributed by atoms with Crippen molar-refractivity contribution in [3.63, 3.8) is 0 Å². The number of methoxy groups -OCH3 is 1. The molecule has 1 rings (SSSR count). The zero-order valence-corrected chi connectivity index (χ0v) is 29.8. The van der Waals surface area contributed by atoms with Crippen LogP contribution in [0, 0.1) is 23.7 Å². The summed E-state index contributed by atoms with van der Waals surface area (Å²) in [6.45, 7) is 13.5. The number of rotatable bonds is 23. The van der Waals surface area contributed by atoms with Crippen LogP contribution in [0.2, 0.25) is 0 Å². The molecule has 1 aromatic rings. The molecular formula is C36H61N3O7. The van der Waals surface area contributed by atoms with Crippen LogP contribution >= 0.6 is 0 Å². The Balaban J connectivity index is 2.68. The van der Waals surface area contributed by atoms with Crippen molar-refractivity contribution in [1.82, 2.24) is 15.1 Å². The number of carboxylic acids is 1. The van der Waals surface area contributed by atoms with Gasteiger partial charge in [0.2, 0.25) is 5.91 Å². The molecule has 0 radical (unpaired) electrons. The lowest BCUT2D eigenvalue weighted by atomic mass is 9.83. The van der Waals surface area contributed by atoms with Crippen LogP contribution in [-0.4, -0.2) is 91.1 Å². The molecule has 0 heterocycles. The summed E-state index contributed by atoms with van der Waals surface area (Å²) in [5, 5.41) is 12.3. The largest absolute Gasteiger partial charge is 0.481 e. The molecule has 5 atom stereocenters. The van der Waals surface area contributed by atoms with Crippen molar-refractivity contribution in [3.05, 3.63) is 35.9 Å². The first-order valence-corrected chi connectivity index (χ1v) is 16.9. The molecule has 0 aliphatic heterocycles. The number of ketones is 1. The fraction of sp³-hybridized carbons (Fsp3) is 0.722. The highest BCUT2D eigenvalue weighted by molar-refractivity contribution is 5.90. The summed E-state index contributed by atoms with van der Waals surface area (Å²) in [6.07, 6.45) is 3.29. The van der Waals surface area contributed by atoms with Crippen molar-refractivity contribution in [2.75, 3.05) is 34.3 Å². The highest BCUT2D eigenvalue weighted by Gasteiger charge is 2.39. The van der Waals surface area contributed by atoms with Gasteiger partial charge in [-0.2, -0.15) is 0 Å². The van der Waals surface area contributed by atoms with Crippen LogP contribution in [-0.2, 0) is 30.5 Å². The number of carboxylic acid groups (broad SMARTS) is 1. The molecule has 0 aliphatic carbocycles. The van der Waals surface area contributed by atoms with E-state index in [4.69, 9.17) is 9.47 Å². The maximum atomic E-state index is 13.9. The first-order chi connectivity index (χ1) is 21.7. The van der Waals surface area contributed by atoms with Crippen molar-refractivity contribution >= 4 is 23.8 Å². The molecule has 0 unspecified atom stereocenters. The molecule has 0 bridgehead atoms. The van der Waals surface area contributed by atoms with Gasteiger partial charge in [-0.25, -0.2) is 4.79 Å². The van der Waals surface area contributed by atoms with Gasteiger partial charge in [-0.1, -0.05) is 91.1 Å². The van der Waals surface area contributed by atoms with Gasteiger partial charge in [0.05, 0.1) is 24.6 Å². The number of likely N-dealkylation sites (N-methyl/N-ethyl adjacent to an activating group) is 2. The van der Waals surface area contributed by atoms with Crippen molar-refractivity contribution < 1.29 is 33.8 Å². The van der Waals surface area contributed by atoms with Gasteiger partial charge in [-0.15, -0.1) is 0 Å². The predicted octanol–water partition coefficient (Wildman–Crippen LogP) is 6.02. The van der Waals surface area contributed by atoms with Crippen molar-refractivity contribution in [3.8, 4) is 0 Å². The maximum Gasteiger partial charge on any atom is 0.407 e. The van der Waals surface area contributed by atoms with Crippen molar-refractivity contribution in [1.29, 1.82) is 0 Å². The molecule has 46 heavy (non-hydrogen) atoms. The minimum absolute atomic E-state index is 0.0144. The van der Waals surface area contributed by atoms with Gasteiger partial charge >= 0.3 is 12.1 Å². The number of alkyl carbamates (subject to hydrolysis) is 1. The third-order valence-corrected chi connectivity index (χ3v) is 8.98. The molecular weight excluding hydrogens is 586 g/mol. The molecule has 2 amide bonds. The number of hydrogen-bond donors (Lipinski definition) is 2. The average Bonchev–Trinajstić information content (AvgIpc) is 3.01. The third-order valence-electron chi connectivity index (χ3n) is 8.98. The van der Waals surface area contributed by atoms with Gasteiger partial charge in [0.1, 0.15) is 6.61 Å². The standard InChI is InChI=1S/C36H61N3O7/c1-10-27(6)34(31(45-9)23-32(41)42)39(8)35(43)29(25(2)3)22-30(40)33(26(4)5)38(7)21-17-12-11-16-20-37-36(44)46-24-28-18-14-13-15-19-28/h13-15,18-19,25-27,29,31,33-34H,10-12,16-17,20-24H2,1-9H3,(H,37,44)(H,41,42)/t27-,29-,31+,33-,34-/m0/s1. The summed E-state index contributed by atoms with van der Waals surface area (Å²) < 4.78 is 10.8. The number of hydrogen-bond acceptors (Lipinski definition) is 7. The topological polar surface area (TPSA) is 125 Å². The maximum absolute atomic E-state index is 13.9. The van der Waals surface area contributed by atoms with Crippen molar-refractivity contribution in [2.45, 2.75) is 111 Å². The predicted molar refractivity (Wildman–Crippen MR) is 181 cm³/mol. The molecule has 0 fully saturated rings. The Hall–Kier alpha value is -2.98. The summed E-state index contributed by atoms with van der Waals surface area (Å²) in [6, 6.07) is 8.82. The smallest absolute Gasteiger partial charge is 0.407 e. The Bertz CT molecular complexity index is 1050. The van der Waals surface area contributed by atoms with Gasteiger partial charge in [-0.3, -0.25) is 19.3 Å². The number of amides is 2. The van der Waals surface area contributed by atoms with Crippen LogP contribution in [0.4, 0.5) is 4.79 Å². The molecule has 10 heteroatoms. The number of unbranched alkanes of at least 4 members (excludes halogenated alkanes) is 3. The van der Waals surface area contributed by atoms with E-state index in [-0.39, 0.29) is 54.9 Å². The van der Waals surface area contributed by atoms with Crippen LogP contribution in [0.3, 0.4) is 0 Å². The van der Waals surface area contributed by atoms with Gasteiger partial charge < -0.3 is 24.8 Å². The SMILES string of the molecule is CC[C@H](C)[C@@H]([C@@H](CC(=O)O)OC)N(C)C(=O)[C@@H](CC(=O)[C@H](C(C)C)N(C)CCCCCCNC(=O)OCc1ccccc1)C(C)C. The Morgan fingerprint density at radius 1 is 0.891 bits per heavy atom. The first-order valence-electron chi connectivity index (χ1n) is 16.9. The van der Waals surface area contributed by atoms with Gasteiger partial charge in [0, 0.05) is 33.0 Å². The summed E-state index contributed by atoms with van der Waals surface area (Å²) in [5.41, 5.74) is 0.946. The second kappa shape index (κ2) is 21.7. The minimum atomic E-state index is -0.977. The van der Waals surface area contributed by atoms with E-state index in [0.717, 1.165) is 44.2 Å². The number of ether oxygens (including phenoxy) is 2. The zero-order chi connectivity index (χ0) is 34.8. The highest BCUT2D eigenvalue weighted by Crippen LogP contribution is 2.28. The molecule has 0 saturated carbocycles. The second-order valence-corrected chi connectivity index (χ2v) is 13.3. The molecule has 1 aromatic carbocycles. The number of carbonyl (C=O) groups excluding carboxylic acids is 3. The fourth-order valence-corrected chi connectivity index (χ4v) is 6.18. The second-order valence-electron chi connectivity index (χ2n) is 13.3. The Labute approximate surface area is 277 Å². The third kappa shape index (κ3) is 14.2. The molecule has 0 spiro atoms. The lowest BCUT2D eigenvalue weighted by Gasteiger charge is -2.40. The van der Waals surface area contributed by atoms with E-state index in [1.807, 2.05) is 78.9 Å². The van der Waals surface area contributed by atoms with Crippen LogP contribution in [0.15, 0.2) is 30.3 Å². The van der Waals surface area contributed by atoms with Crippen LogP contribution in [0.5, 0.6) is 0 Å². The highest BCUT2D eigenvalue weighted by atomic mass is 16.5. The van der Waals surface area contributed by atoms with Gasteiger partial charge in [0.25, 0.3) is 0 Å². The van der Waals surface area contributed by atoms with Crippen molar-refractivity contribution in [2.24, 2.45) is 23.7 Å². The molecule has 0 aliphatic rings. The summed E-state index contributed by atoms with van der Waals surface area (Å²) in [4.78, 5) is 54.9. The molecule has 2 N–H and O–H groups in total. The van der Waals surface area contributed by atoms with E-state index < -0.39 is 30.1 Å². The number of aliphatic carboxylic acids is 1. The first kappa shape index (κ1) is 41.0. The monoisotopic (exact) mass is 647 g/mol. The fourth-order valence-electron chi connectivity index (χ4n) is 6.18. The van der Waals surface area contributed by atoms with Gasteiger partial charge in [-0.05, 0) is 49.8 Å². The zero-order valence-electron chi connectivity index (χ0n) is 29.8. The number of nitrogens with one attached hydrogen (secondary N) is 1. The minimum Gasteiger partial charge on any atom is -0.481 e. The quantitative estimate of drug-likeness (QED) is 0.138. The normalized spacial score (nSPS) is 14.9. The van der Waals surface area contributed by atoms with Gasteiger partial charge in [0.15, 0.2) is 5.78 Å². The molecule has 0 aromatic heterocycles. The molecule has 0 saturated heterocycles. The van der Waals surface area contributed by atoms with E-state index in [2.05, 4.69) is 10.2 Å². The Kier molecular flexibility index (Phi) is 19.4. The number of nitrogens with zero attached hydrogens (tertiary/aromatic N) is 2.